The quantitative estimate of drug-likeness (QED) is 0.783. The second-order valence-electron chi connectivity index (χ2n) is 4.53. The molecule has 2 aromatic rings. The van der Waals surface area contributed by atoms with Crippen molar-refractivity contribution in [2.75, 3.05) is 5.32 Å². The Kier molecular flexibility index (Phi) is 4.26. The summed E-state index contributed by atoms with van der Waals surface area (Å²) in [4.78, 5) is 0. The fourth-order valence-corrected chi connectivity index (χ4v) is 2.48. The van der Waals surface area contributed by atoms with Gasteiger partial charge in [0.25, 0.3) is 0 Å². The molecule has 0 saturated carbocycles. The average Bonchev–Trinajstić information content (AvgIpc) is 2.36. The van der Waals surface area contributed by atoms with Crippen LogP contribution in [0, 0.1) is 0 Å². The molecule has 0 aromatic heterocycles. The van der Waals surface area contributed by atoms with Crippen LogP contribution in [0.4, 0.5) is 5.69 Å². The highest BCUT2D eigenvalue weighted by Crippen LogP contribution is 2.15. The number of rotatable bonds is 5. The molecule has 0 aliphatic carbocycles. The van der Waals surface area contributed by atoms with Crippen LogP contribution in [0.1, 0.15) is 11.1 Å². The zero-order valence-electron chi connectivity index (χ0n) is 10.8. The molecule has 0 heterocycles. The van der Waals surface area contributed by atoms with Crippen LogP contribution in [0.3, 0.4) is 0 Å². The van der Waals surface area contributed by atoms with Crippen molar-refractivity contribution < 1.29 is 13.5 Å². The molecule has 6 heteroatoms. The Morgan fingerprint density at radius 3 is 2.35 bits per heavy atom. The first-order valence-corrected chi connectivity index (χ1v) is 7.75. The molecule has 20 heavy (non-hydrogen) atoms. The summed E-state index contributed by atoms with van der Waals surface area (Å²) in [5.41, 5.74) is 2.47. The third-order valence-corrected chi connectivity index (χ3v) is 3.46. The van der Waals surface area contributed by atoms with Gasteiger partial charge in [-0.05, 0) is 35.4 Å². The second-order valence-corrected chi connectivity index (χ2v) is 6.14. The Balaban J connectivity index is 1.97. The monoisotopic (exact) mass is 292 g/mol. The minimum absolute atomic E-state index is 0.167. The Morgan fingerprint density at radius 2 is 1.75 bits per heavy atom. The number of sulfonamides is 1. The van der Waals surface area contributed by atoms with Crippen molar-refractivity contribution in [3.05, 3.63) is 59.7 Å². The molecular formula is C14H16N2O3S. The lowest BCUT2D eigenvalue weighted by atomic mass is 10.2. The largest absolute Gasteiger partial charge is 0.508 e. The summed E-state index contributed by atoms with van der Waals surface area (Å²) < 4.78 is 21.9. The van der Waals surface area contributed by atoms with E-state index < -0.39 is 10.0 Å². The van der Waals surface area contributed by atoms with Crippen LogP contribution in [0.2, 0.25) is 0 Å². The van der Waals surface area contributed by atoms with Gasteiger partial charge in [0.15, 0.2) is 0 Å². The summed E-state index contributed by atoms with van der Waals surface area (Å²) in [6.07, 6.45) is 0. The Hall–Kier alpha value is -2.05. The Morgan fingerprint density at radius 1 is 1.05 bits per heavy atom. The zero-order chi connectivity index (χ0) is 14.6. The van der Waals surface area contributed by atoms with Crippen molar-refractivity contribution in [1.82, 2.24) is 0 Å². The second kappa shape index (κ2) is 5.94. The van der Waals surface area contributed by atoms with Gasteiger partial charge >= 0.3 is 0 Å². The summed E-state index contributed by atoms with van der Waals surface area (Å²) in [5.74, 6) is 0.0626. The van der Waals surface area contributed by atoms with Crippen LogP contribution < -0.4 is 10.5 Å². The van der Waals surface area contributed by atoms with Gasteiger partial charge in [0.05, 0.1) is 5.75 Å². The minimum atomic E-state index is -3.50. The van der Waals surface area contributed by atoms with Crippen molar-refractivity contribution >= 4 is 15.7 Å². The number of phenolic OH excluding ortho intramolecular Hbond substituents is 1. The smallest absolute Gasteiger partial charge is 0.213 e. The minimum Gasteiger partial charge on any atom is -0.508 e. The van der Waals surface area contributed by atoms with Crippen LogP contribution in [-0.2, 0) is 22.3 Å². The standard InChI is InChI=1S/C14H16N2O3S/c15-20(18,19)10-11-4-6-13(7-5-11)16-9-12-2-1-3-14(17)8-12/h1-8,16-17H,9-10H2,(H2,15,18,19). The van der Waals surface area contributed by atoms with Crippen molar-refractivity contribution in [3.63, 3.8) is 0 Å². The van der Waals surface area contributed by atoms with Crippen molar-refractivity contribution in [2.24, 2.45) is 5.14 Å². The number of primary sulfonamides is 1. The van der Waals surface area contributed by atoms with Gasteiger partial charge in [0.2, 0.25) is 10.0 Å². The van der Waals surface area contributed by atoms with E-state index in [1.54, 1.807) is 42.5 Å². The van der Waals surface area contributed by atoms with E-state index in [1.165, 1.54) is 0 Å². The van der Waals surface area contributed by atoms with Gasteiger partial charge in [-0.1, -0.05) is 24.3 Å². The number of nitrogens with one attached hydrogen (secondary N) is 1. The Bertz CT molecular complexity index is 682. The van der Waals surface area contributed by atoms with Gasteiger partial charge in [-0.2, -0.15) is 0 Å². The van der Waals surface area contributed by atoms with E-state index in [-0.39, 0.29) is 11.5 Å². The molecule has 0 fully saturated rings. The lowest BCUT2D eigenvalue weighted by molar-refractivity contribution is 0.474. The molecule has 2 rings (SSSR count). The molecule has 0 amide bonds. The molecular weight excluding hydrogens is 276 g/mol. The Labute approximate surface area is 118 Å². The summed E-state index contributed by atoms with van der Waals surface area (Å²) in [7, 11) is -3.50. The molecule has 5 nitrogen and oxygen atoms in total. The third-order valence-electron chi connectivity index (χ3n) is 2.73. The third kappa shape index (κ3) is 4.56. The van der Waals surface area contributed by atoms with Crippen LogP contribution >= 0.6 is 0 Å². The lowest BCUT2D eigenvalue weighted by Crippen LogP contribution is -2.14. The van der Waals surface area contributed by atoms with E-state index in [9.17, 15) is 13.5 Å². The fourth-order valence-electron chi connectivity index (χ4n) is 1.82. The van der Waals surface area contributed by atoms with Crippen molar-refractivity contribution in [2.45, 2.75) is 12.3 Å². The van der Waals surface area contributed by atoms with E-state index in [0.29, 0.717) is 12.1 Å². The van der Waals surface area contributed by atoms with E-state index in [1.807, 2.05) is 6.07 Å². The topological polar surface area (TPSA) is 92.4 Å². The SMILES string of the molecule is NS(=O)(=O)Cc1ccc(NCc2cccc(O)c2)cc1. The number of aromatic hydroxyl groups is 1. The van der Waals surface area contributed by atoms with Gasteiger partial charge in [0.1, 0.15) is 5.75 Å². The van der Waals surface area contributed by atoms with Crippen molar-refractivity contribution in [1.29, 1.82) is 0 Å². The van der Waals surface area contributed by atoms with Crippen molar-refractivity contribution in [3.8, 4) is 5.75 Å². The van der Waals surface area contributed by atoms with E-state index in [4.69, 9.17) is 5.14 Å². The van der Waals surface area contributed by atoms with Crippen LogP contribution in [0.5, 0.6) is 5.75 Å². The molecule has 2 aromatic carbocycles. The summed E-state index contributed by atoms with van der Waals surface area (Å²) in [5, 5.41) is 17.5. The van der Waals surface area contributed by atoms with Gasteiger partial charge in [0, 0.05) is 12.2 Å². The highest BCUT2D eigenvalue weighted by molar-refractivity contribution is 7.88. The maximum atomic E-state index is 11.0. The maximum Gasteiger partial charge on any atom is 0.213 e. The van der Waals surface area contributed by atoms with Crippen LogP contribution in [0.25, 0.3) is 0 Å². The predicted octanol–water partition coefficient (Wildman–Crippen LogP) is 1.79. The predicted molar refractivity (Wildman–Crippen MR) is 78.7 cm³/mol. The molecule has 0 bridgehead atoms. The molecule has 0 saturated heterocycles. The molecule has 0 unspecified atom stereocenters. The number of hydrogen-bond donors (Lipinski definition) is 3. The molecule has 106 valence electrons. The molecule has 0 atom stereocenters. The maximum absolute atomic E-state index is 11.0. The normalized spacial score (nSPS) is 11.2. The van der Waals surface area contributed by atoms with Gasteiger partial charge in [-0.3, -0.25) is 0 Å². The fraction of sp³-hybridized carbons (Fsp3) is 0.143. The summed E-state index contributed by atoms with van der Waals surface area (Å²) >= 11 is 0. The number of phenols is 1. The average molecular weight is 292 g/mol. The molecule has 0 radical (unpaired) electrons. The number of anilines is 1. The summed E-state index contributed by atoms with van der Waals surface area (Å²) in [6.45, 7) is 0.572. The molecule has 0 spiro atoms. The first kappa shape index (κ1) is 14.4. The van der Waals surface area contributed by atoms with Crippen LogP contribution in [0.15, 0.2) is 48.5 Å². The highest BCUT2D eigenvalue weighted by Gasteiger charge is 2.04. The first-order chi connectivity index (χ1) is 9.42. The van der Waals surface area contributed by atoms with E-state index in [2.05, 4.69) is 5.32 Å². The number of benzene rings is 2. The molecule has 0 aliphatic rings. The van der Waals surface area contributed by atoms with Crippen LogP contribution in [-0.4, -0.2) is 13.5 Å². The summed E-state index contributed by atoms with van der Waals surface area (Å²) in [6, 6.07) is 14.0. The highest BCUT2D eigenvalue weighted by atomic mass is 32.2. The molecule has 4 N–H and O–H groups in total. The number of nitrogens with two attached hydrogens (primary N) is 1. The van der Waals surface area contributed by atoms with E-state index in [0.717, 1.165) is 11.3 Å². The lowest BCUT2D eigenvalue weighted by Gasteiger charge is -2.08. The first-order valence-electron chi connectivity index (χ1n) is 6.03. The zero-order valence-corrected chi connectivity index (χ0v) is 11.6. The van der Waals surface area contributed by atoms with Gasteiger partial charge < -0.3 is 10.4 Å². The van der Waals surface area contributed by atoms with E-state index >= 15 is 0 Å². The van der Waals surface area contributed by atoms with Gasteiger partial charge in [-0.25, -0.2) is 13.6 Å². The van der Waals surface area contributed by atoms with Gasteiger partial charge in [-0.15, -0.1) is 0 Å². The molecule has 0 aliphatic heterocycles. The number of hydrogen-bond acceptors (Lipinski definition) is 4.